The summed E-state index contributed by atoms with van der Waals surface area (Å²) in [4.78, 5) is 19.4. The molecule has 0 atom stereocenters. The number of hydrogen-bond donors (Lipinski definition) is 2. The molecule has 19 heavy (non-hydrogen) atoms. The fourth-order valence-electron chi connectivity index (χ4n) is 1.76. The molecule has 0 radical (unpaired) electrons. The maximum absolute atomic E-state index is 11.7. The average Bonchev–Trinajstić information content (AvgIpc) is 2.66. The number of thioether (sulfide) groups is 1. The van der Waals surface area contributed by atoms with E-state index in [1.54, 1.807) is 0 Å². The van der Waals surface area contributed by atoms with Crippen molar-refractivity contribution in [3.63, 3.8) is 0 Å². The van der Waals surface area contributed by atoms with Crippen LogP contribution in [0.1, 0.15) is 26.3 Å². The van der Waals surface area contributed by atoms with Crippen molar-refractivity contribution in [2.24, 2.45) is 0 Å². The molecule has 5 heteroatoms. The number of rotatable bonds is 3. The van der Waals surface area contributed by atoms with E-state index >= 15 is 0 Å². The van der Waals surface area contributed by atoms with Gasteiger partial charge < -0.3 is 10.3 Å². The SMILES string of the molecule is Cc1ccc2nc(SCC(=O)NC(C)(C)C)[nH]c2c1. The second kappa shape index (κ2) is 5.25. The lowest BCUT2D eigenvalue weighted by Crippen LogP contribution is -2.41. The summed E-state index contributed by atoms with van der Waals surface area (Å²) in [6.45, 7) is 7.96. The Morgan fingerprint density at radius 1 is 1.42 bits per heavy atom. The topological polar surface area (TPSA) is 57.8 Å². The first-order chi connectivity index (χ1) is 8.83. The largest absolute Gasteiger partial charge is 0.351 e. The van der Waals surface area contributed by atoms with Crippen LogP contribution in [0.4, 0.5) is 0 Å². The van der Waals surface area contributed by atoms with Gasteiger partial charge in [0.25, 0.3) is 0 Å². The number of aryl methyl sites for hydroxylation is 1. The maximum Gasteiger partial charge on any atom is 0.230 e. The molecule has 1 aromatic heterocycles. The van der Waals surface area contributed by atoms with Crippen LogP contribution in [0.15, 0.2) is 23.4 Å². The molecular formula is C14H19N3OS. The first kappa shape index (κ1) is 13.9. The zero-order valence-corrected chi connectivity index (χ0v) is 12.5. The Morgan fingerprint density at radius 3 is 2.84 bits per heavy atom. The molecule has 2 N–H and O–H groups in total. The highest BCUT2D eigenvalue weighted by Gasteiger charge is 2.14. The molecule has 4 nitrogen and oxygen atoms in total. The molecule has 0 fully saturated rings. The molecule has 1 aromatic carbocycles. The van der Waals surface area contributed by atoms with Gasteiger partial charge in [-0.25, -0.2) is 4.98 Å². The smallest absolute Gasteiger partial charge is 0.230 e. The van der Waals surface area contributed by atoms with E-state index in [0.717, 1.165) is 16.2 Å². The van der Waals surface area contributed by atoms with Crippen LogP contribution in [-0.4, -0.2) is 27.2 Å². The van der Waals surface area contributed by atoms with Gasteiger partial charge in [-0.3, -0.25) is 4.79 Å². The van der Waals surface area contributed by atoms with E-state index < -0.39 is 0 Å². The van der Waals surface area contributed by atoms with Gasteiger partial charge in [0.15, 0.2) is 5.16 Å². The second-order valence-electron chi connectivity index (χ2n) is 5.65. The van der Waals surface area contributed by atoms with Crippen molar-refractivity contribution >= 4 is 28.7 Å². The molecule has 0 saturated heterocycles. The zero-order valence-electron chi connectivity index (χ0n) is 11.7. The Balaban J connectivity index is 2.00. The molecule has 0 spiro atoms. The number of hydrogen-bond acceptors (Lipinski definition) is 3. The number of nitrogens with one attached hydrogen (secondary N) is 2. The lowest BCUT2D eigenvalue weighted by molar-refractivity contribution is -0.119. The summed E-state index contributed by atoms with van der Waals surface area (Å²) in [6.07, 6.45) is 0. The fraction of sp³-hybridized carbons (Fsp3) is 0.429. The summed E-state index contributed by atoms with van der Waals surface area (Å²) >= 11 is 1.42. The van der Waals surface area contributed by atoms with Crippen LogP contribution in [0.2, 0.25) is 0 Å². The second-order valence-corrected chi connectivity index (χ2v) is 6.61. The van der Waals surface area contributed by atoms with Crippen molar-refractivity contribution in [3.05, 3.63) is 23.8 Å². The molecular weight excluding hydrogens is 258 g/mol. The number of benzene rings is 1. The van der Waals surface area contributed by atoms with E-state index in [9.17, 15) is 4.79 Å². The summed E-state index contributed by atoms with van der Waals surface area (Å²) in [7, 11) is 0. The van der Waals surface area contributed by atoms with E-state index in [-0.39, 0.29) is 11.4 Å². The first-order valence-corrected chi connectivity index (χ1v) is 7.22. The van der Waals surface area contributed by atoms with Crippen molar-refractivity contribution in [1.82, 2.24) is 15.3 Å². The highest BCUT2D eigenvalue weighted by Crippen LogP contribution is 2.20. The van der Waals surface area contributed by atoms with Crippen LogP contribution >= 0.6 is 11.8 Å². The highest BCUT2D eigenvalue weighted by atomic mass is 32.2. The van der Waals surface area contributed by atoms with Crippen molar-refractivity contribution in [2.45, 2.75) is 38.4 Å². The molecule has 2 rings (SSSR count). The van der Waals surface area contributed by atoms with E-state index in [2.05, 4.69) is 21.4 Å². The number of imidazole rings is 1. The summed E-state index contributed by atoms with van der Waals surface area (Å²) in [5.41, 5.74) is 2.95. The molecule has 0 saturated carbocycles. The van der Waals surface area contributed by atoms with Crippen molar-refractivity contribution in [3.8, 4) is 0 Å². The van der Waals surface area contributed by atoms with E-state index in [1.807, 2.05) is 39.8 Å². The standard InChI is InChI=1S/C14H19N3OS/c1-9-5-6-10-11(7-9)16-13(15-10)19-8-12(18)17-14(2,3)4/h5-7H,8H2,1-4H3,(H,15,16)(H,17,18). The van der Waals surface area contributed by atoms with Crippen LogP contribution in [0.5, 0.6) is 0 Å². The number of H-pyrrole nitrogens is 1. The van der Waals surface area contributed by atoms with Gasteiger partial charge in [-0.2, -0.15) is 0 Å². The number of fused-ring (bicyclic) bond motifs is 1. The lowest BCUT2D eigenvalue weighted by Gasteiger charge is -2.19. The third-order valence-corrected chi connectivity index (χ3v) is 3.34. The van der Waals surface area contributed by atoms with E-state index in [0.29, 0.717) is 5.75 Å². The average molecular weight is 277 g/mol. The van der Waals surface area contributed by atoms with Gasteiger partial charge in [-0.1, -0.05) is 17.8 Å². The zero-order chi connectivity index (χ0) is 14.0. The van der Waals surface area contributed by atoms with Crippen LogP contribution in [0.3, 0.4) is 0 Å². The van der Waals surface area contributed by atoms with Gasteiger partial charge in [-0.15, -0.1) is 0 Å². The normalized spacial score (nSPS) is 11.8. The molecule has 0 aliphatic carbocycles. The molecule has 0 unspecified atom stereocenters. The number of aromatic amines is 1. The number of aromatic nitrogens is 2. The molecule has 102 valence electrons. The van der Waals surface area contributed by atoms with E-state index in [4.69, 9.17) is 0 Å². The predicted molar refractivity (Wildman–Crippen MR) is 79.5 cm³/mol. The third kappa shape index (κ3) is 3.99. The fourth-order valence-corrected chi connectivity index (χ4v) is 2.44. The molecule has 0 aliphatic rings. The minimum Gasteiger partial charge on any atom is -0.351 e. The number of carbonyl (C=O) groups excluding carboxylic acids is 1. The minimum atomic E-state index is -0.192. The van der Waals surface area contributed by atoms with E-state index in [1.165, 1.54) is 17.3 Å². The predicted octanol–water partition coefficient (Wildman–Crippen LogP) is 2.88. The summed E-state index contributed by atoms with van der Waals surface area (Å²) in [6, 6.07) is 6.08. The van der Waals surface area contributed by atoms with Crippen LogP contribution in [0, 0.1) is 6.92 Å². The quantitative estimate of drug-likeness (QED) is 0.848. The Labute approximate surface area is 117 Å². The minimum absolute atomic E-state index is 0.0223. The van der Waals surface area contributed by atoms with Gasteiger partial charge in [0.1, 0.15) is 0 Å². The van der Waals surface area contributed by atoms with Crippen LogP contribution < -0.4 is 5.32 Å². The number of carbonyl (C=O) groups is 1. The molecule has 2 aromatic rings. The Bertz CT molecular complexity index is 598. The molecule has 1 amide bonds. The van der Waals surface area contributed by atoms with Crippen molar-refractivity contribution < 1.29 is 4.79 Å². The lowest BCUT2D eigenvalue weighted by atomic mass is 10.1. The summed E-state index contributed by atoms with van der Waals surface area (Å²) < 4.78 is 0. The Kier molecular flexibility index (Phi) is 3.85. The Hall–Kier alpha value is -1.49. The van der Waals surface area contributed by atoms with Crippen molar-refractivity contribution in [1.29, 1.82) is 0 Å². The van der Waals surface area contributed by atoms with Gasteiger partial charge >= 0.3 is 0 Å². The molecule has 1 heterocycles. The maximum atomic E-state index is 11.7. The summed E-state index contributed by atoms with van der Waals surface area (Å²) in [5, 5.41) is 3.71. The van der Waals surface area contributed by atoms with Crippen LogP contribution in [0.25, 0.3) is 11.0 Å². The van der Waals surface area contributed by atoms with Crippen molar-refractivity contribution in [2.75, 3.05) is 5.75 Å². The Morgan fingerprint density at radius 2 is 2.16 bits per heavy atom. The number of amides is 1. The molecule has 0 bridgehead atoms. The van der Waals surface area contributed by atoms with Crippen LogP contribution in [-0.2, 0) is 4.79 Å². The van der Waals surface area contributed by atoms with Gasteiger partial charge in [0.2, 0.25) is 5.91 Å². The van der Waals surface area contributed by atoms with Gasteiger partial charge in [-0.05, 0) is 45.4 Å². The number of nitrogens with zero attached hydrogens (tertiary/aromatic N) is 1. The summed E-state index contributed by atoms with van der Waals surface area (Å²) in [5.74, 6) is 0.393. The van der Waals surface area contributed by atoms with Gasteiger partial charge in [0, 0.05) is 5.54 Å². The molecule has 0 aliphatic heterocycles. The first-order valence-electron chi connectivity index (χ1n) is 6.24. The monoisotopic (exact) mass is 277 g/mol. The highest BCUT2D eigenvalue weighted by molar-refractivity contribution is 7.99. The third-order valence-electron chi connectivity index (χ3n) is 2.47. The van der Waals surface area contributed by atoms with Gasteiger partial charge in [0.05, 0.1) is 16.8 Å².